The van der Waals surface area contributed by atoms with Crippen LogP contribution in [0.15, 0.2) is 24.4 Å². The summed E-state index contributed by atoms with van der Waals surface area (Å²) in [5, 5.41) is 0. The molecule has 0 aromatic carbocycles. The highest BCUT2D eigenvalue weighted by molar-refractivity contribution is 5.69. The molecule has 1 heterocycles. The highest BCUT2D eigenvalue weighted by Crippen LogP contribution is 1.96. The zero-order valence-corrected chi connectivity index (χ0v) is 8.10. The van der Waals surface area contributed by atoms with Gasteiger partial charge in [-0.2, -0.15) is 0 Å². The van der Waals surface area contributed by atoms with Crippen LogP contribution in [-0.2, 0) is 20.9 Å². The Balaban J connectivity index is 2.13. The first-order chi connectivity index (χ1) is 6.83. The number of methoxy groups -OCH3 is 1. The van der Waals surface area contributed by atoms with Gasteiger partial charge in [0.05, 0.1) is 32.4 Å². The first-order valence-electron chi connectivity index (χ1n) is 4.37. The van der Waals surface area contributed by atoms with Crippen molar-refractivity contribution >= 4 is 5.97 Å². The van der Waals surface area contributed by atoms with Crippen LogP contribution in [0.3, 0.4) is 0 Å². The van der Waals surface area contributed by atoms with Crippen LogP contribution < -0.4 is 0 Å². The Labute approximate surface area is 82.9 Å². The van der Waals surface area contributed by atoms with E-state index < -0.39 is 0 Å². The van der Waals surface area contributed by atoms with E-state index in [1.54, 1.807) is 6.20 Å². The van der Waals surface area contributed by atoms with E-state index in [-0.39, 0.29) is 12.4 Å². The molecule has 0 aliphatic carbocycles. The average Bonchev–Trinajstić information content (AvgIpc) is 2.25. The zero-order chi connectivity index (χ0) is 10.2. The van der Waals surface area contributed by atoms with Crippen LogP contribution >= 0.6 is 0 Å². The maximum Gasteiger partial charge on any atom is 0.307 e. The van der Waals surface area contributed by atoms with Gasteiger partial charge in [-0.25, -0.2) is 0 Å². The van der Waals surface area contributed by atoms with Crippen molar-refractivity contribution in [1.29, 1.82) is 0 Å². The number of carbonyl (C=O) groups is 1. The first-order valence-corrected chi connectivity index (χ1v) is 4.37. The second kappa shape index (κ2) is 6.10. The fourth-order valence-electron chi connectivity index (χ4n) is 0.918. The molecule has 0 saturated carbocycles. The molecule has 0 aliphatic heterocycles. The summed E-state index contributed by atoms with van der Waals surface area (Å²) in [6.45, 7) is 0.793. The van der Waals surface area contributed by atoms with Crippen LogP contribution in [0.1, 0.15) is 12.1 Å². The lowest BCUT2D eigenvalue weighted by Crippen LogP contribution is -2.06. The molecule has 0 spiro atoms. The van der Waals surface area contributed by atoms with Gasteiger partial charge in [0.15, 0.2) is 0 Å². The van der Waals surface area contributed by atoms with Gasteiger partial charge in [-0.3, -0.25) is 9.78 Å². The monoisotopic (exact) mass is 195 g/mol. The second-order valence-electron chi connectivity index (χ2n) is 2.70. The van der Waals surface area contributed by atoms with Gasteiger partial charge in [0.25, 0.3) is 0 Å². The fourth-order valence-corrected chi connectivity index (χ4v) is 0.918. The Hall–Kier alpha value is -1.42. The molecule has 0 aliphatic rings. The molecule has 0 fully saturated rings. The third-order valence-electron chi connectivity index (χ3n) is 1.65. The number of esters is 1. The Kier molecular flexibility index (Phi) is 4.64. The summed E-state index contributed by atoms with van der Waals surface area (Å²) < 4.78 is 9.70. The highest BCUT2D eigenvalue weighted by Gasteiger charge is 1.99. The van der Waals surface area contributed by atoms with Gasteiger partial charge in [-0.05, 0) is 12.1 Å². The molecule has 1 rings (SSSR count). The van der Waals surface area contributed by atoms with Crippen molar-refractivity contribution in [2.75, 3.05) is 13.7 Å². The number of hydrogen-bond acceptors (Lipinski definition) is 4. The van der Waals surface area contributed by atoms with Crippen molar-refractivity contribution in [3.8, 4) is 0 Å². The van der Waals surface area contributed by atoms with Gasteiger partial charge in [-0.15, -0.1) is 0 Å². The van der Waals surface area contributed by atoms with E-state index in [1.807, 2.05) is 18.2 Å². The summed E-state index contributed by atoms with van der Waals surface area (Å²) in [5.74, 6) is -0.258. The van der Waals surface area contributed by atoms with Gasteiger partial charge in [0.1, 0.15) is 0 Å². The summed E-state index contributed by atoms with van der Waals surface area (Å²) in [7, 11) is 1.36. The SMILES string of the molecule is COC(=O)CCOCc1ccccn1. The van der Waals surface area contributed by atoms with Crippen molar-refractivity contribution in [2.45, 2.75) is 13.0 Å². The predicted octanol–water partition coefficient (Wildman–Crippen LogP) is 1.16. The van der Waals surface area contributed by atoms with E-state index in [4.69, 9.17) is 4.74 Å². The smallest absolute Gasteiger partial charge is 0.307 e. The minimum absolute atomic E-state index is 0.258. The van der Waals surface area contributed by atoms with Crippen molar-refractivity contribution in [2.24, 2.45) is 0 Å². The van der Waals surface area contributed by atoms with Crippen molar-refractivity contribution in [1.82, 2.24) is 4.98 Å². The summed E-state index contributed by atoms with van der Waals surface area (Å²) >= 11 is 0. The standard InChI is InChI=1S/C10H13NO3/c1-13-10(12)5-7-14-8-9-4-2-3-6-11-9/h2-4,6H,5,7-8H2,1H3. The lowest BCUT2D eigenvalue weighted by atomic mass is 10.4. The number of hydrogen-bond donors (Lipinski definition) is 0. The fraction of sp³-hybridized carbons (Fsp3) is 0.400. The van der Waals surface area contributed by atoms with Crippen LogP contribution in [0.4, 0.5) is 0 Å². The molecule has 1 aromatic heterocycles. The molecule has 1 aromatic rings. The number of rotatable bonds is 5. The molecular formula is C10H13NO3. The summed E-state index contributed by atoms with van der Waals surface area (Å²) in [6, 6.07) is 5.61. The lowest BCUT2D eigenvalue weighted by Gasteiger charge is -2.02. The van der Waals surface area contributed by atoms with Crippen LogP contribution in [0.2, 0.25) is 0 Å². The molecule has 0 amide bonds. The van der Waals surface area contributed by atoms with E-state index in [1.165, 1.54) is 7.11 Å². The van der Waals surface area contributed by atoms with Crippen molar-refractivity contribution in [3.63, 3.8) is 0 Å². The zero-order valence-electron chi connectivity index (χ0n) is 8.10. The number of pyridine rings is 1. The van der Waals surface area contributed by atoms with Gasteiger partial charge in [0, 0.05) is 6.20 Å². The van der Waals surface area contributed by atoms with Gasteiger partial charge in [0.2, 0.25) is 0 Å². The molecular weight excluding hydrogens is 182 g/mol. The topological polar surface area (TPSA) is 48.4 Å². The van der Waals surface area contributed by atoms with Crippen molar-refractivity contribution < 1.29 is 14.3 Å². The third kappa shape index (κ3) is 4.00. The molecule has 4 nitrogen and oxygen atoms in total. The molecule has 14 heavy (non-hydrogen) atoms. The second-order valence-corrected chi connectivity index (χ2v) is 2.70. The number of nitrogens with zero attached hydrogens (tertiary/aromatic N) is 1. The summed E-state index contributed by atoms with van der Waals surface area (Å²) in [5.41, 5.74) is 0.859. The van der Waals surface area contributed by atoms with Gasteiger partial charge >= 0.3 is 5.97 Å². The quantitative estimate of drug-likeness (QED) is 0.522. The molecule has 0 bridgehead atoms. The molecule has 0 radical (unpaired) electrons. The van der Waals surface area contributed by atoms with E-state index in [0.29, 0.717) is 13.2 Å². The third-order valence-corrected chi connectivity index (χ3v) is 1.65. The van der Waals surface area contributed by atoms with Gasteiger partial charge < -0.3 is 9.47 Å². The highest BCUT2D eigenvalue weighted by atomic mass is 16.5. The Morgan fingerprint density at radius 3 is 3.00 bits per heavy atom. The van der Waals surface area contributed by atoms with Crippen molar-refractivity contribution in [3.05, 3.63) is 30.1 Å². The minimum atomic E-state index is -0.258. The Morgan fingerprint density at radius 2 is 2.36 bits per heavy atom. The first kappa shape index (κ1) is 10.7. The summed E-state index contributed by atoms with van der Waals surface area (Å²) in [4.78, 5) is 14.8. The van der Waals surface area contributed by atoms with Crippen LogP contribution in [0.25, 0.3) is 0 Å². The molecule has 4 heteroatoms. The number of carbonyl (C=O) groups excluding carboxylic acids is 1. The molecule has 0 N–H and O–H groups in total. The van der Waals surface area contributed by atoms with E-state index in [0.717, 1.165) is 5.69 Å². The summed E-state index contributed by atoms with van der Waals surface area (Å²) in [6.07, 6.45) is 1.99. The Bertz CT molecular complexity index is 274. The molecule has 0 unspecified atom stereocenters. The molecule has 0 atom stereocenters. The van der Waals surface area contributed by atoms with E-state index in [2.05, 4.69) is 9.72 Å². The Morgan fingerprint density at radius 1 is 1.50 bits per heavy atom. The predicted molar refractivity (Wildman–Crippen MR) is 50.5 cm³/mol. The number of aromatic nitrogens is 1. The largest absolute Gasteiger partial charge is 0.469 e. The number of ether oxygens (including phenoxy) is 2. The maximum atomic E-state index is 10.7. The van der Waals surface area contributed by atoms with Crippen LogP contribution in [-0.4, -0.2) is 24.7 Å². The maximum absolute atomic E-state index is 10.7. The van der Waals surface area contributed by atoms with E-state index in [9.17, 15) is 4.79 Å². The minimum Gasteiger partial charge on any atom is -0.469 e. The normalized spacial score (nSPS) is 9.79. The molecule has 0 saturated heterocycles. The molecule has 76 valence electrons. The average molecular weight is 195 g/mol. The van der Waals surface area contributed by atoms with E-state index >= 15 is 0 Å². The lowest BCUT2D eigenvalue weighted by molar-refractivity contribution is -0.141. The van der Waals surface area contributed by atoms with Gasteiger partial charge in [-0.1, -0.05) is 6.07 Å². The van der Waals surface area contributed by atoms with Crippen LogP contribution in [0.5, 0.6) is 0 Å². The van der Waals surface area contributed by atoms with Crippen LogP contribution in [0, 0.1) is 0 Å².